The van der Waals surface area contributed by atoms with Gasteiger partial charge in [0.25, 0.3) is 0 Å². The van der Waals surface area contributed by atoms with Gasteiger partial charge < -0.3 is 5.73 Å². The molecule has 0 spiro atoms. The Balaban J connectivity index is 1.89. The van der Waals surface area contributed by atoms with Crippen molar-refractivity contribution in [1.82, 2.24) is 9.88 Å². The maximum atomic E-state index is 6.05. The fourth-order valence-electron chi connectivity index (χ4n) is 3.04. The van der Waals surface area contributed by atoms with Gasteiger partial charge in [-0.3, -0.25) is 9.88 Å². The highest BCUT2D eigenvalue weighted by Crippen LogP contribution is 2.28. The maximum absolute atomic E-state index is 6.05. The molecule has 1 aliphatic heterocycles. The highest BCUT2D eigenvalue weighted by molar-refractivity contribution is 8.00. The summed E-state index contributed by atoms with van der Waals surface area (Å²) < 4.78 is 0. The van der Waals surface area contributed by atoms with E-state index >= 15 is 0 Å². The van der Waals surface area contributed by atoms with E-state index in [1.54, 1.807) is 0 Å². The normalized spacial score (nSPS) is 24.1. The third-order valence-corrected chi connectivity index (χ3v) is 5.00. The predicted molar refractivity (Wildman–Crippen MR) is 87.9 cm³/mol. The van der Waals surface area contributed by atoms with Gasteiger partial charge in [-0.25, -0.2) is 0 Å². The summed E-state index contributed by atoms with van der Waals surface area (Å²) in [5.74, 6) is 0. The Morgan fingerprint density at radius 3 is 2.75 bits per heavy atom. The molecule has 3 nitrogen and oxygen atoms in total. The van der Waals surface area contributed by atoms with Crippen LogP contribution in [0.3, 0.4) is 0 Å². The Bertz CT molecular complexity index is 604. The number of nitrogens with two attached hydrogens (primary N) is 1. The summed E-state index contributed by atoms with van der Waals surface area (Å²) in [7, 11) is 0. The van der Waals surface area contributed by atoms with Crippen molar-refractivity contribution in [1.29, 1.82) is 0 Å². The number of nitrogens with zero attached hydrogens (tertiary/aromatic N) is 2. The molecule has 1 saturated heterocycles. The van der Waals surface area contributed by atoms with Crippen molar-refractivity contribution in [3.63, 3.8) is 0 Å². The van der Waals surface area contributed by atoms with Crippen LogP contribution >= 0.6 is 11.8 Å². The second-order valence-electron chi connectivity index (χ2n) is 5.66. The molecule has 4 heteroatoms. The molecule has 2 aromatic rings. The SMILES string of the molecule is CC1CN(Cc2ccc(N)c3cccnc23)CC(C)S1. The average molecular weight is 287 g/mol. The van der Waals surface area contributed by atoms with Crippen LogP contribution in [0.2, 0.25) is 0 Å². The lowest BCUT2D eigenvalue weighted by molar-refractivity contribution is 0.263. The molecule has 1 fully saturated rings. The van der Waals surface area contributed by atoms with E-state index in [4.69, 9.17) is 5.73 Å². The van der Waals surface area contributed by atoms with Crippen LogP contribution in [0.25, 0.3) is 10.9 Å². The Hall–Kier alpha value is -1.26. The van der Waals surface area contributed by atoms with E-state index in [-0.39, 0.29) is 0 Å². The van der Waals surface area contributed by atoms with E-state index in [9.17, 15) is 0 Å². The molecule has 2 N–H and O–H groups in total. The molecule has 0 aliphatic carbocycles. The first-order chi connectivity index (χ1) is 9.63. The second kappa shape index (κ2) is 5.62. The summed E-state index contributed by atoms with van der Waals surface area (Å²) in [6, 6.07) is 8.13. The van der Waals surface area contributed by atoms with Crippen LogP contribution in [0.5, 0.6) is 0 Å². The molecule has 2 atom stereocenters. The molecule has 0 saturated carbocycles. The number of nitrogen functional groups attached to an aromatic ring is 1. The second-order valence-corrected chi connectivity index (χ2v) is 7.55. The molecule has 1 aromatic carbocycles. The molecule has 0 bridgehead atoms. The lowest BCUT2D eigenvalue weighted by atomic mass is 10.1. The summed E-state index contributed by atoms with van der Waals surface area (Å²) in [5, 5.41) is 2.47. The van der Waals surface area contributed by atoms with Crippen LogP contribution in [-0.2, 0) is 6.54 Å². The Kier molecular flexibility index (Phi) is 3.85. The summed E-state index contributed by atoms with van der Waals surface area (Å²) in [6.45, 7) is 7.88. The zero-order chi connectivity index (χ0) is 14.1. The summed E-state index contributed by atoms with van der Waals surface area (Å²) in [6.07, 6.45) is 1.85. The van der Waals surface area contributed by atoms with Gasteiger partial charge in [0, 0.05) is 47.4 Å². The van der Waals surface area contributed by atoms with Gasteiger partial charge in [-0.2, -0.15) is 11.8 Å². The number of anilines is 1. The first-order valence-corrected chi connectivity index (χ1v) is 8.07. The van der Waals surface area contributed by atoms with Gasteiger partial charge in [0.1, 0.15) is 0 Å². The Morgan fingerprint density at radius 2 is 2.00 bits per heavy atom. The summed E-state index contributed by atoms with van der Waals surface area (Å²) in [5.41, 5.74) is 9.18. The van der Waals surface area contributed by atoms with Gasteiger partial charge in [-0.05, 0) is 23.8 Å². The van der Waals surface area contributed by atoms with E-state index in [1.807, 2.05) is 18.3 Å². The highest BCUT2D eigenvalue weighted by Gasteiger charge is 2.22. The first kappa shape index (κ1) is 13.7. The number of hydrogen-bond acceptors (Lipinski definition) is 4. The number of fused-ring (bicyclic) bond motifs is 1. The van der Waals surface area contributed by atoms with Crippen LogP contribution in [0, 0.1) is 0 Å². The lowest BCUT2D eigenvalue weighted by Gasteiger charge is -2.34. The number of pyridine rings is 1. The number of aromatic nitrogens is 1. The minimum atomic E-state index is 0.701. The van der Waals surface area contributed by atoms with E-state index in [0.717, 1.165) is 36.2 Å². The van der Waals surface area contributed by atoms with Crippen LogP contribution in [0.4, 0.5) is 5.69 Å². The third kappa shape index (κ3) is 2.76. The van der Waals surface area contributed by atoms with E-state index < -0.39 is 0 Å². The largest absolute Gasteiger partial charge is 0.398 e. The number of thioether (sulfide) groups is 1. The van der Waals surface area contributed by atoms with Crippen LogP contribution < -0.4 is 5.73 Å². The molecule has 0 radical (unpaired) electrons. The molecule has 1 aromatic heterocycles. The van der Waals surface area contributed by atoms with E-state index in [1.165, 1.54) is 5.56 Å². The van der Waals surface area contributed by atoms with Crippen molar-refractivity contribution in [3.05, 3.63) is 36.0 Å². The van der Waals surface area contributed by atoms with Gasteiger partial charge in [0.05, 0.1) is 5.52 Å². The van der Waals surface area contributed by atoms with E-state index in [2.05, 4.69) is 47.6 Å². The van der Waals surface area contributed by atoms with Crippen LogP contribution in [0.15, 0.2) is 30.5 Å². The zero-order valence-electron chi connectivity index (χ0n) is 12.0. The van der Waals surface area contributed by atoms with Gasteiger partial charge >= 0.3 is 0 Å². The highest BCUT2D eigenvalue weighted by atomic mass is 32.2. The monoisotopic (exact) mass is 287 g/mol. The number of hydrogen-bond donors (Lipinski definition) is 1. The van der Waals surface area contributed by atoms with Crippen molar-refractivity contribution < 1.29 is 0 Å². The zero-order valence-corrected chi connectivity index (χ0v) is 12.9. The molecule has 106 valence electrons. The molecule has 1 aliphatic rings. The predicted octanol–water partition coefficient (Wildman–Crippen LogP) is 3.14. The van der Waals surface area contributed by atoms with Crippen molar-refractivity contribution >= 4 is 28.4 Å². The molecular weight excluding hydrogens is 266 g/mol. The fraction of sp³-hybridized carbons (Fsp3) is 0.438. The van der Waals surface area contributed by atoms with E-state index in [0.29, 0.717) is 10.5 Å². The first-order valence-electron chi connectivity index (χ1n) is 7.13. The maximum Gasteiger partial charge on any atom is 0.0767 e. The lowest BCUT2D eigenvalue weighted by Crippen LogP contribution is -2.39. The topological polar surface area (TPSA) is 42.1 Å². The third-order valence-electron chi connectivity index (χ3n) is 3.78. The van der Waals surface area contributed by atoms with Crippen molar-refractivity contribution in [2.24, 2.45) is 0 Å². The smallest absolute Gasteiger partial charge is 0.0767 e. The molecule has 20 heavy (non-hydrogen) atoms. The average Bonchev–Trinajstić information content (AvgIpc) is 2.41. The van der Waals surface area contributed by atoms with Gasteiger partial charge in [-0.15, -0.1) is 0 Å². The van der Waals surface area contributed by atoms with Crippen molar-refractivity contribution in [2.75, 3.05) is 18.8 Å². The molecular formula is C16H21N3S. The Morgan fingerprint density at radius 1 is 1.25 bits per heavy atom. The van der Waals surface area contributed by atoms with Crippen molar-refractivity contribution in [2.45, 2.75) is 30.9 Å². The van der Waals surface area contributed by atoms with Gasteiger partial charge in [0.15, 0.2) is 0 Å². The summed E-state index contributed by atoms with van der Waals surface area (Å²) >= 11 is 2.08. The van der Waals surface area contributed by atoms with Crippen LogP contribution in [-0.4, -0.2) is 33.5 Å². The van der Waals surface area contributed by atoms with Gasteiger partial charge in [0.2, 0.25) is 0 Å². The molecule has 2 heterocycles. The van der Waals surface area contributed by atoms with Gasteiger partial charge in [-0.1, -0.05) is 19.9 Å². The quantitative estimate of drug-likeness (QED) is 0.862. The minimum absolute atomic E-state index is 0.701. The molecule has 3 rings (SSSR count). The Labute approximate surface area is 124 Å². The van der Waals surface area contributed by atoms with Crippen LogP contribution in [0.1, 0.15) is 19.4 Å². The minimum Gasteiger partial charge on any atom is -0.398 e. The summed E-state index contributed by atoms with van der Waals surface area (Å²) in [4.78, 5) is 7.07. The fourth-order valence-corrected chi connectivity index (χ4v) is 4.42. The molecule has 2 unspecified atom stereocenters. The molecule has 0 amide bonds. The van der Waals surface area contributed by atoms with Crippen molar-refractivity contribution in [3.8, 4) is 0 Å². The number of benzene rings is 1. The number of rotatable bonds is 2. The standard InChI is InChI=1S/C16H21N3S/c1-11-8-19(9-12(2)20-11)10-13-5-6-15(17)14-4-3-7-18-16(13)14/h3-7,11-12H,8-10,17H2,1-2H3.